The minimum atomic E-state index is -0.395. The van der Waals surface area contributed by atoms with E-state index in [0.717, 1.165) is 66.8 Å². The number of hydrogen-bond donors (Lipinski definition) is 2. The summed E-state index contributed by atoms with van der Waals surface area (Å²) in [6, 6.07) is 12.7. The molecule has 0 atom stereocenters. The molecule has 0 radical (unpaired) electrons. The number of methoxy groups -OCH3 is 1. The van der Waals surface area contributed by atoms with E-state index in [-0.39, 0.29) is 11.8 Å². The summed E-state index contributed by atoms with van der Waals surface area (Å²) < 4.78 is 27.2. The summed E-state index contributed by atoms with van der Waals surface area (Å²) >= 11 is 0. The van der Waals surface area contributed by atoms with E-state index < -0.39 is 5.82 Å². The summed E-state index contributed by atoms with van der Waals surface area (Å²) in [5.74, 6) is 1.16. The number of anilines is 1. The number of rotatable bonds is 15. The largest absolute Gasteiger partial charge is 0.491 e. The van der Waals surface area contributed by atoms with E-state index in [4.69, 9.17) is 20.2 Å². The van der Waals surface area contributed by atoms with Gasteiger partial charge in [-0.1, -0.05) is 30.7 Å². The molecule has 0 spiro atoms. The standard InChI is InChI=1S/C34H46FN7O3/c1-3-45-29-23-25(13-14-27(29)35)24-41(21-20-40-17-8-4-9-18-40)34(43)37-16-7-10-19-42-30(15-22-44-2)39-31-32(42)26-11-5-6-12-28(26)38-33(31)36/h5-6,11-14,23H,3-4,7-10,15-22,24H2,1-2H3,(H2,36,38)(H,37,43). The smallest absolute Gasteiger partial charge is 0.317 e. The number of amides is 2. The predicted octanol–water partition coefficient (Wildman–Crippen LogP) is 5.37. The first-order valence-corrected chi connectivity index (χ1v) is 16.2. The highest BCUT2D eigenvalue weighted by molar-refractivity contribution is 6.06. The van der Waals surface area contributed by atoms with E-state index in [1.54, 1.807) is 19.2 Å². The lowest BCUT2D eigenvalue weighted by Crippen LogP contribution is -2.44. The number of para-hydroxylation sites is 1. The van der Waals surface area contributed by atoms with Gasteiger partial charge in [0.05, 0.1) is 24.2 Å². The molecular weight excluding hydrogens is 573 g/mol. The fraction of sp³-hybridized carbons (Fsp3) is 0.500. The summed E-state index contributed by atoms with van der Waals surface area (Å²) in [6.45, 7) is 7.95. The van der Waals surface area contributed by atoms with Crippen molar-refractivity contribution in [1.82, 2.24) is 29.7 Å². The molecular formula is C34H46FN7O3. The van der Waals surface area contributed by atoms with E-state index >= 15 is 0 Å². The number of nitrogens with two attached hydrogens (primary N) is 1. The number of unbranched alkanes of at least 4 members (excludes halogenated alkanes) is 1. The molecule has 3 N–H and O–H groups in total. The van der Waals surface area contributed by atoms with E-state index in [1.165, 1.54) is 25.3 Å². The van der Waals surface area contributed by atoms with Crippen LogP contribution in [0.2, 0.25) is 0 Å². The number of fused-ring (bicyclic) bond motifs is 3. The van der Waals surface area contributed by atoms with Gasteiger partial charge in [0, 0.05) is 51.6 Å². The van der Waals surface area contributed by atoms with Gasteiger partial charge in [-0.15, -0.1) is 0 Å². The molecule has 4 aromatic rings. The molecule has 5 rings (SSSR count). The van der Waals surface area contributed by atoms with E-state index in [9.17, 15) is 9.18 Å². The second kappa shape index (κ2) is 15.9. The number of halogens is 1. The van der Waals surface area contributed by atoms with Gasteiger partial charge >= 0.3 is 6.03 Å². The molecule has 1 aliphatic rings. The Balaban J connectivity index is 1.23. The number of aromatic nitrogens is 3. The van der Waals surface area contributed by atoms with Gasteiger partial charge in [-0.2, -0.15) is 0 Å². The zero-order valence-electron chi connectivity index (χ0n) is 26.6. The number of imidazole rings is 1. The molecule has 242 valence electrons. The van der Waals surface area contributed by atoms with Crippen molar-refractivity contribution in [2.24, 2.45) is 0 Å². The summed E-state index contributed by atoms with van der Waals surface area (Å²) in [5.41, 5.74) is 9.71. The molecule has 1 aliphatic heterocycles. The summed E-state index contributed by atoms with van der Waals surface area (Å²) in [4.78, 5) is 27.1. The van der Waals surface area contributed by atoms with Crippen molar-refractivity contribution in [1.29, 1.82) is 0 Å². The van der Waals surface area contributed by atoms with Crippen LogP contribution in [0.15, 0.2) is 42.5 Å². The number of ether oxygens (including phenoxy) is 2. The maximum absolute atomic E-state index is 14.2. The number of carbonyl (C=O) groups excluding carboxylic acids is 1. The first-order chi connectivity index (χ1) is 22.0. The van der Waals surface area contributed by atoms with Gasteiger partial charge in [0.25, 0.3) is 0 Å². The van der Waals surface area contributed by atoms with Gasteiger partial charge in [-0.3, -0.25) is 0 Å². The Bertz CT molecular complexity index is 1570. The third-order valence-corrected chi connectivity index (χ3v) is 8.39. The van der Waals surface area contributed by atoms with E-state index in [0.29, 0.717) is 50.6 Å². The minimum absolute atomic E-state index is 0.118. The molecule has 0 aliphatic carbocycles. The zero-order valence-corrected chi connectivity index (χ0v) is 26.6. The quantitative estimate of drug-likeness (QED) is 0.172. The number of aryl methyl sites for hydroxylation is 1. The average molecular weight is 620 g/mol. The number of hydrogen-bond acceptors (Lipinski definition) is 7. The molecule has 11 heteroatoms. The fourth-order valence-electron chi connectivity index (χ4n) is 6.06. The van der Waals surface area contributed by atoms with E-state index in [1.807, 2.05) is 30.0 Å². The van der Waals surface area contributed by atoms with Gasteiger partial charge in [0.15, 0.2) is 17.4 Å². The molecule has 45 heavy (non-hydrogen) atoms. The Morgan fingerprint density at radius 2 is 1.91 bits per heavy atom. The molecule has 10 nitrogen and oxygen atoms in total. The van der Waals surface area contributed by atoms with Crippen molar-refractivity contribution >= 4 is 33.8 Å². The molecule has 0 saturated carbocycles. The highest BCUT2D eigenvalue weighted by Gasteiger charge is 2.19. The monoisotopic (exact) mass is 619 g/mol. The Morgan fingerprint density at radius 3 is 2.71 bits per heavy atom. The average Bonchev–Trinajstić information content (AvgIpc) is 3.43. The molecule has 2 aromatic heterocycles. The molecule has 3 heterocycles. The van der Waals surface area contributed by atoms with Gasteiger partial charge in [-0.25, -0.2) is 19.2 Å². The van der Waals surface area contributed by atoms with Crippen molar-refractivity contribution in [3.63, 3.8) is 0 Å². The maximum atomic E-state index is 14.2. The Kier molecular flexibility index (Phi) is 11.4. The van der Waals surface area contributed by atoms with Gasteiger partial charge in [0.2, 0.25) is 0 Å². The summed E-state index contributed by atoms with van der Waals surface area (Å²) in [6.07, 6.45) is 5.94. The Hall–Kier alpha value is -3.96. The molecule has 0 unspecified atom stereocenters. The minimum Gasteiger partial charge on any atom is -0.491 e. The molecule has 1 saturated heterocycles. The first kappa shape index (κ1) is 32.4. The second-order valence-corrected chi connectivity index (χ2v) is 11.6. The van der Waals surface area contributed by atoms with Crippen LogP contribution in [0.5, 0.6) is 5.75 Å². The molecule has 2 aromatic carbocycles. The lowest BCUT2D eigenvalue weighted by molar-refractivity contribution is 0.169. The number of nitrogens with one attached hydrogen (secondary N) is 1. The number of piperidine rings is 1. The van der Waals surface area contributed by atoms with Crippen LogP contribution in [0, 0.1) is 5.82 Å². The van der Waals surface area contributed by atoms with Crippen molar-refractivity contribution in [3.05, 3.63) is 59.7 Å². The number of likely N-dealkylation sites (tertiary alicyclic amines) is 1. The van der Waals surface area contributed by atoms with Crippen LogP contribution < -0.4 is 15.8 Å². The molecule has 0 bridgehead atoms. The SMILES string of the molecule is CCOc1cc(CN(CCN2CCCCC2)C(=O)NCCCCn2c(CCOC)nc3c(N)nc4ccccc4c32)ccc1F. The Morgan fingerprint density at radius 1 is 1.09 bits per heavy atom. The highest BCUT2D eigenvalue weighted by Crippen LogP contribution is 2.29. The number of nitrogens with zero attached hydrogens (tertiary/aromatic N) is 5. The first-order valence-electron chi connectivity index (χ1n) is 16.2. The van der Waals surface area contributed by atoms with Crippen molar-refractivity contribution in [2.45, 2.75) is 58.5 Å². The van der Waals surface area contributed by atoms with Gasteiger partial charge < -0.3 is 34.9 Å². The van der Waals surface area contributed by atoms with Crippen LogP contribution in [-0.4, -0.2) is 83.4 Å². The third kappa shape index (κ3) is 8.20. The molecule has 2 amide bonds. The number of benzene rings is 2. The van der Waals surface area contributed by atoms with Crippen molar-refractivity contribution < 1.29 is 18.7 Å². The lowest BCUT2D eigenvalue weighted by Gasteiger charge is -2.30. The van der Waals surface area contributed by atoms with Crippen LogP contribution in [0.3, 0.4) is 0 Å². The van der Waals surface area contributed by atoms with Crippen LogP contribution in [0.25, 0.3) is 21.9 Å². The summed E-state index contributed by atoms with van der Waals surface area (Å²) in [7, 11) is 1.69. The van der Waals surface area contributed by atoms with Gasteiger partial charge in [0.1, 0.15) is 11.3 Å². The highest BCUT2D eigenvalue weighted by atomic mass is 19.1. The van der Waals surface area contributed by atoms with Crippen LogP contribution in [0.4, 0.5) is 15.0 Å². The normalized spacial score (nSPS) is 13.8. The van der Waals surface area contributed by atoms with Gasteiger partial charge in [-0.05, 0) is 69.5 Å². The van der Waals surface area contributed by atoms with Crippen molar-refractivity contribution in [3.8, 4) is 5.75 Å². The lowest BCUT2D eigenvalue weighted by atomic mass is 10.1. The maximum Gasteiger partial charge on any atom is 0.317 e. The van der Waals surface area contributed by atoms with Crippen molar-refractivity contribution in [2.75, 3.05) is 58.8 Å². The fourth-order valence-corrected chi connectivity index (χ4v) is 6.06. The second-order valence-electron chi connectivity index (χ2n) is 11.6. The van der Waals surface area contributed by atoms with E-state index in [2.05, 4.69) is 25.8 Å². The summed E-state index contributed by atoms with van der Waals surface area (Å²) in [5, 5.41) is 4.15. The van der Waals surface area contributed by atoms with Crippen LogP contribution >= 0.6 is 0 Å². The van der Waals surface area contributed by atoms with Crippen LogP contribution in [-0.2, 0) is 24.2 Å². The zero-order chi connectivity index (χ0) is 31.6. The number of nitrogen functional groups attached to an aromatic ring is 1. The third-order valence-electron chi connectivity index (χ3n) is 8.39. The number of pyridine rings is 1. The number of carbonyl (C=O) groups is 1. The predicted molar refractivity (Wildman–Crippen MR) is 176 cm³/mol. The number of urea groups is 1. The Labute approximate surface area is 264 Å². The topological polar surface area (TPSA) is 111 Å². The van der Waals surface area contributed by atoms with Crippen LogP contribution in [0.1, 0.15) is 50.4 Å². The molecule has 1 fully saturated rings.